The minimum Gasteiger partial charge on any atom is -0.407 e. The predicted molar refractivity (Wildman–Crippen MR) is 81.6 cm³/mol. The fraction of sp³-hybridized carbons (Fsp3) is 0.0588. The third-order valence-electron chi connectivity index (χ3n) is 3.38. The van der Waals surface area contributed by atoms with E-state index in [2.05, 4.69) is 0 Å². The van der Waals surface area contributed by atoms with E-state index < -0.39 is 23.4 Å². The molecule has 0 amide bonds. The molecule has 0 atom stereocenters. The van der Waals surface area contributed by atoms with Crippen molar-refractivity contribution in [2.24, 2.45) is 0 Å². The van der Waals surface area contributed by atoms with E-state index in [9.17, 15) is 22.8 Å². The van der Waals surface area contributed by atoms with Crippen LogP contribution >= 0.6 is 0 Å². The molecule has 1 aromatic heterocycles. The number of nitrogens with zero attached hydrogens (tertiary/aromatic N) is 1. The molecule has 7 heteroatoms. The summed E-state index contributed by atoms with van der Waals surface area (Å²) in [5.74, 6) is -1.68. The number of hydrogen-bond acceptors (Lipinski definition) is 3. The molecule has 1 heterocycles. The number of allylic oxidation sites excluding steroid dienone is 1. The number of halogens is 3. The molecule has 0 bridgehead atoms. The first kappa shape index (κ1) is 15.8. The Labute approximate surface area is 133 Å². The molecule has 0 saturated carbocycles. The fourth-order valence-corrected chi connectivity index (χ4v) is 2.31. The van der Waals surface area contributed by atoms with Crippen molar-refractivity contribution in [3.8, 4) is 0 Å². The first-order valence-corrected chi connectivity index (χ1v) is 6.87. The zero-order valence-corrected chi connectivity index (χ0v) is 12.1. The maximum atomic E-state index is 12.9. The second kappa shape index (κ2) is 5.84. The Kier molecular flexibility index (Phi) is 3.84. The van der Waals surface area contributed by atoms with Crippen molar-refractivity contribution in [1.29, 1.82) is 0 Å². The molecule has 3 rings (SSSR count). The highest BCUT2D eigenvalue weighted by Gasteiger charge is 2.32. The van der Waals surface area contributed by atoms with Crippen molar-refractivity contribution in [3.63, 3.8) is 0 Å². The van der Waals surface area contributed by atoms with Crippen LogP contribution in [0.3, 0.4) is 0 Å². The molecule has 0 aliphatic rings. The summed E-state index contributed by atoms with van der Waals surface area (Å²) in [6.07, 6.45) is -2.60. The van der Waals surface area contributed by atoms with E-state index >= 15 is 0 Å². The lowest BCUT2D eigenvalue weighted by Gasteiger charge is -2.09. The molecule has 0 unspecified atom stereocenters. The van der Waals surface area contributed by atoms with Crippen LogP contribution in [-0.4, -0.2) is 10.5 Å². The van der Waals surface area contributed by atoms with Gasteiger partial charge in [0.15, 0.2) is 5.58 Å². The van der Waals surface area contributed by atoms with Crippen molar-refractivity contribution in [1.82, 2.24) is 4.57 Å². The number of aromatic nitrogens is 1. The van der Waals surface area contributed by atoms with E-state index in [0.29, 0.717) is 0 Å². The molecule has 0 N–H and O–H groups in total. The van der Waals surface area contributed by atoms with Gasteiger partial charge in [0.25, 0.3) is 5.91 Å². The number of hydrogen-bond donors (Lipinski definition) is 0. The number of alkyl halides is 3. The van der Waals surface area contributed by atoms with Crippen molar-refractivity contribution in [2.75, 3.05) is 0 Å². The molecule has 0 aliphatic heterocycles. The number of rotatable bonds is 2. The molecular weight excluding hydrogens is 323 g/mol. The fourth-order valence-electron chi connectivity index (χ4n) is 2.31. The molecule has 3 aromatic rings. The van der Waals surface area contributed by atoms with Crippen molar-refractivity contribution >= 4 is 23.1 Å². The molecule has 122 valence electrons. The molecule has 0 radical (unpaired) electrons. The summed E-state index contributed by atoms with van der Waals surface area (Å²) in [7, 11) is 0. The Morgan fingerprint density at radius 1 is 1.04 bits per heavy atom. The molecule has 24 heavy (non-hydrogen) atoms. The normalized spacial score (nSPS) is 12.1. The van der Waals surface area contributed by atoms with Crippen LogP contribution in [0.1, 0.15) is 15.9 Å². The van der Waals surface area contributed by atoms with Crippen LogP contribution in [0.2, 0.25) is 0 Å². The monoisotopic (exact) mass is 333 g/mol. The standard InChI is InChI=1S/C17H10F3NO3/c18-17(19,20)12-6-2-1-5-11(12)9-10-15(22)21-13-7-3-4-8-14(13)24-16(21)23/h1-10H/b10-9+. The lowest BCUT2D eigenvalue weighted by Crippen LogP contribution is -2.20. The Balaban J connectivity index is 2.00. The Bertz CT molecular complexity index is 996. The number of para-hydroxylation sites is 2. The van der Waals surface area contributed by atoms with Gasteiger partial charge in [0, 0.05) is 6.08 Å². The molecule has 0 fully saturated rings. The maximum Gasteiger partial charge on any atom is 0.427 e. The largest absolute Gasteiger partial charge is 0.427 e. The Morgan fingerprint density at radius 2 is 1.71 bits per heavy atom. The van der Waals surface area contributed by atoms with Gasteiger partial charge in [-0.15, -0.1) is 0 Å². The summed E-state index contributed by atoms with van der Waals surface area (Å²) >= 11 is 0. The van der Waals surface area contributed by atoms with E-state index in [0.717, 1.165) is 22.8 Å². The van der Waals surface area contributed by atoms with Crippen LogP contribution in [0, 0.1) is 0 Å². The molecule has 0 spiro atoms. The number of oxazole rings is 1. The van der Waals surface area contributed by atoms with Crippen molar-refractivity contribution in [2.45, 2.75) is 6.18 Å². The van der Waals surface area contributed by atoms with E-state index in [1.165, 1.54) is 30.3 Å². The number of benzene rings is 2. The Morgan fingerprint density at radius 3 is 2.46 bits per heavy atom. The van der Waals surface area contributed by atoms with E-state index in [1.807, 2.05) is 0 Å². The van der Waals surface area contributed by atoms with Gasteiger partial charge in [-0.1, -0.05) is 30.3 Å². The van der Waals surface area contributed by atoms with Crippen LogP contribution in [0.5, 0.6) is 0 Å². The highest BCUT2D eigenvalue weighted by Crippen LogP contribution is 2.32. The average molecular weight is 333 g/mol. The van der Waals surface area contributed by atoms with Gasteiger partial charge in [0.05, 0.1) is 11.1 Å². The number of carbonyl (C=O) groups excluding carboxylic acids is 1. The SMILES string of the molecule is O=C(/C=C/c1ccccc1C(F)(F)F)n1c(=O)oc2ccccc21. The van der Waals surface area contributed by atoms with Crippen LogP contribution in [0.25, 0.3) is 17.2 Å². The molecule has 0 aliphatic carbocycles. The van der Waals surface area contributed by atoms with Gasteiger partial charge in [-0.05, 0) is 29.8 Å². The van der Waals surface area contributed by atoms with Gasteiger partial charge >= 0.3 is 11.9 Å². The molecule has 0 saturated heterocycles. The summed E-state index contributed by atoms with van der Waals surface area (Å²) in [6.45, 7) is 0. The highest BCUT2D eigenvalue weighted by atomic mass is 19.4. The molecule has 4 nitrogen and oxygen atoms in total. The van der Waals surface area contributed by atoms with E-state index in [-0.39, 0.29) is 16.7 Å². The zero-order valence-electron chi connectivity index (χ0n) is 12.1. The zero-order chi connectivity index (χ0) is 17.3. The third-order valence-corrected chi connectivity index (χ3v) is 3.38. The minimum absolute atomic E-state index is 0.167. The van der Waals surface area contributed by atoms with Crippen molar-refractivity contribution in [3.05, 3.63) is 76.3 Å². The summed E-state index contributed by atoms with van der Waals surface area (Å²) in [4.78, 5) is 24.0. The summed E-state index contributed by atoms with van der Waals surface area (Å²) in [5, 5.41) is 0. The number of carbonyl (C=O) groups is 1. The van der Waals surface area contributed by atoms with Gasteiger partial charge in [0.1, 0.15) is 0 Å². The van der Waals surface area contributed by atoms with Gasteiger partial charge < -0.3 is 4.42 Å². The van der Waals surface area contributed by atoms with Crippen LogP contribution in [0.15, 0.2) is 63.8 Å². The first-order chi connectivity index (χ1) is 11.4. The van der Waals surface area contributed by atoms with E-state index in [1.54, 1.807) is 12.1 Å². The van der Waals surface area contributed by atoms with Crippen molar-refractivity contribution < 1.29 is 22.4 Å². The topological polar surface area (TPSA) is 52.2 Å². The highest BCUT2D eigenvalue weighted by molar-refractivity contribution is 5.98. The van der Waals surface area contributed by atoms with Crippen LogP contribution < -0.4 is 5.76 Å². The van der Waals surface area contributed by atoms with Crippen LogP contribution in [0.4, 0.5) is 13.2 Å². The smallest absolute Gasteiger partial charge is 0.407 e. The Hall–Kier alpha value is -3.09. The third kappa shape index (κ3) is 2.88. The summed E-state index contributed by atoms with van der Waals surface area (Å²) in [5.41, 5.74) is -0.557. The van der Waals surface area contributed by atoms with Gasteiger partial charge in [-0.3, -0.25) is 4.79 Å². The predicted octanol–water partition coefficient (Wildman–Crippen LogP) is 3.97. The maximum absolute atomic E-state index is 12.9. The lowest BCUT2D eigenvalue weighted by molar-refractivity contribution is -0.137. The lowest BCUT2D eigenvalue weighted by atomic mass is 10.1. The summed E-state index contributed by atoms with van der Waals surface area (Å²) < 4.78 is 44.5. The van der Waals surface area contributed by atoms with Gasteiger partial charge in [-0.25, -0.2) is 9.36 Å². The average Bonchev–Trinajstić information content (AvgIpc) is 2.88. The second-order valence-electron chi connectivity index (χ2n) is 4.93. The van der Waals surface area contributed by atoms with Gasteiger partial charge in [0.2, 0.25) is 0 Å². The van der Waals surface area contributed by atoms with Crippen LogP contribution in [-0.2, 0) is 6.18 Å². The van der Waals surface area contributed by atoms with Gasteiger partial charge in [-0.2, -0.15) is 13.2 Å². The van der Waals surface area contributed by atoms with E-state index in [4.69, 9.17) is 4.42 Å². The first-order valence-electron chi connectivity index (χ1n) is 6.87. The molecule has 2 aromatic carbocycles. The summed E-state index contributed by atoms with van der Waals surface area (Å²) in [6, 6.07) is 11.1. The molecular formula is C17H10F3NO3. The quantitative estimate of drug-likeness (QED) is 0.667. The minimum atomic E-state index is -4.54. The second-order valence-corrected chi connectivity index (χ2v) is 4.93. The number of fused-ring (bicyclic) bond motifs is 1.